The maximum atomic E-state index is 15.6. The van der Waals surface area contributed by atoms with E-state index in [0.717, 1.165) is 45.0 Å². The highest BCUT2D eigenvalue weighted by Gasteiger charge is 2.63. The van der Waals surface area contributed by atoms with Crippen LogP contribution in [0, 0.1) is 5.92 Å². The van der Waals surface area contributed by atoms with Crippen molar-refractivity contribution in [3.05, 3.63) is 137 Å². The number of carbonyl (C=O) groups is 5. The van der Waals surface area contributed by atoms with E-state index in [9.17, 15) is 19.2 Å². The van der Waals surface area contributed by atoms with Gasteiger partial charge in [0.25, 0.3) is 0 Å². The van der Waals surface area contributed by atoms with Crippen molar-refractivity contribution in [2.75, 3.05) is 26.1 Å². The first-order chi connectivity index (χ1) is 28.3. The second-order valence-electron chi connectivity index (χ2n) is 13.5. The van der Waals surface area contributed by atoms with Crippen molar-refractivity contribution in [2.24, 2.45) is 16.1 Å². The molecule has 1 aliphatic rings. The van der Waals surface area contributed by atoms with Gasteiger partial charge in [-0.3, -0.25) is 24.0 Å². The molecule has 4 aromatic carbocycles. The zero-order chi connectivity index (χ0) is 42.5. The highest BCUT2D eigenvalue weighted by atomic mass is 32.2. The number of hydrogen-bond acceptors (Lipinski definition) is 14. The van der Waals surface area contributed by atoms with Crippen LogP contribution >= 0.6 is 11.8 Å². The van der Waals surface area contributed by atoms with Crippen molar-refractivity contribution in [3.63, 3.8) is 0 Å². The number of hydrogen-bond donors (Lipinski definition) is 1. The van der Waals surface area contributed by atoms with Crippen LogP contribution in [0.1, 0.15) is 38.8 Å². The summed E-state index contributed by atoms with van der Waals surface area (Å²) in [4.78, 5) is 68.7. The van der Waals surface area contributed by atoms with Gasteiger partial charge in [-0.2, -0.15) is 10.2 Å². The van der Waals surface area contributed by atoms with E-state index in [1.807, 2.05) is 48.3 Å². The van der Waals surface area contributed by atoms with Crippen molar-refractivity contribution in [1.29, 1.82) is 0 Å². The van der Waals surface area contributed by atoms with Crippen molar-refractivity contribution >= 4 is 52.9 Å². The van der Waals surface area contributed by atoms with Crippen LogP contribution in [0.3, 0.4) is 0 Å². The molecule has 0 unspecified atom stereocenters. The molecule has 308 valence electrons. The number of carbonyl (C=O) groups excluding carboxylic acids is 5. The monoisotopic (exact) mass is 822 g/mol. The smallest absolute Gasteiger partial charge is 0.303 e. The molecule has 0 radical (unpaired) electrons. The minimum absolute atomic E-state index is 0.184. The Bertz CT molecular complexity index is 2150. The summed E-state index contributed by atoms with van der Waals surface area (Å²) in [5.74, 6) is -4.55. The molecule has 0 spiro atoms. The molecule has 0 aliphatic carbocycles. The second kappa shape index (κ2) is 20.3. The molecule has 1 heterocycles. The van der Waals surface area contributed by atoms with Crippen molar-refractivity contribution in [1.82, 2.24) is 4.90 Å². The maximum Gasteiger partial charge on any atom is 0.303 e. The average molecular weight is 823 g/mol. The molecule has 1 amide bonds. The molecule has 1 aliphatic heterocycles. The third-order valence-electron chi connectivity index (χ3n) is 9.13. The Morgan fingerprint density at radius 1 is 0.729 bits per heavy atom. The Morgan fingerprint density at radius 3 is 1.86 bits per heavy atom. The molecular formula is C44H46N4O10S. The quantitative estimate of drug-likeness (QED) is 0.0640. The number of benzene rings is 4. The van der Waals surface area contributed by atoms with Gasteiger partial charge in [0.1, 0.15) is 22.8 Å². The maximum absolute atomic E-state index is 15.6. The number of methoxy groups -OCH3 is 1. The van der Waals surface area contributed by atoms with Crippen LogP contribution < -0.4 is 10.1 Å². The second-order valence-corrected chi connectivity index (χ2v) is 14.8. The summed E-state index contributed by atoms with van der Waals surface area (Å²) in [6, 6.07) is 34.1. The van der Waals surface area contributed by atoms with Gasteiger partial charge < -0.3 is 33.9 Å². The number of thioether (sulfide) groups is 1. The number of ether oxygens (including phenoxy) is 5. The lowest BCUT2D eigenvalue weighted by molar-refractivity contribution is -0.193. The van der Waals surface area contributed by atoms with Crippen LogP contribution in [-0.2, 0) is 54.2 Å². The highest BCUT2D eigenvalue weighted by molar-refractivity contribution is 8.04. The summed E-state index contributed by atoms with van der Waals surface area (Å²) < 4.78 is 26.7. The van der Waals surface area contributed by atoms with E-state index in [-0.39, 0.29) is 5.70 Å². The van der Waals surface area contributed by atoms with Crippen LogP contribution in [0.2, 0.25) is 0 Å². The lowest BCUT2D eigenvalue weighted by Crippen LogP contribution is -2.56. The molecule has 0 bridgehead atoms. The number of azo groups is 1. The van der Waals surface area contributed by atoms with Crippen molar-refractivity contribution in [3.8, 4) is 5.75 Å². The number of rotatable bonds is 17. The van der Waals surface area contributed by atoms with Gasteiger partial charge >= 0.3 is 23.9 Å². The Kier molecular flexibility index (Phi) is 15.0. The predicted octanol–water partition coefficient (Wildman–Crippen LogP) is 7.34. The van der Waals surface area contributed by atoms with Crippen LogP contribution in [-0.4, -0.2) is 73.8 Å². The lowest BCUT2D eigenvalue weighted by atomic mass is 9.76. The highest BCUT2D eigenvalue weighted by Crippen LogP contribution is 2.60. The van der Waals surface area contributed by atoms with Crippen LogP contribution in [0.25, 0.3) is 0 Å². The molecular weight excluding hydrogens is 777 g/mol. The average Bonchev–Trinajstić information content (AvgIpc) is 3.57. The van der Waals surface area contributed by atoms with Crippen molar-refractivity contribution < 1.29 is 47.7 Å². The summed E-state index contributed by atoms with van der Waals surface area (Å²) in [6.07, 6.45) is -4.83. The van der Waals surface area contributed by atoms with E-state index < -0.39 is 65.4 Å². The molecule has 4 aromatic rings. The third-order valence-corrected chi connectivity index (χ3v) is 10.8. The van der Waals surface area contributed by atoms with Crippen LogP contribution in [0.4, 0.5) is 11.4 Å². The van der Waals surface area contributed by atoms with Gasteiger partial charge in [-0.25, -0.2) is 0 Å². The Morgan fingerprint density at radius 2 is 1.31 bits per heavy atom. The van der Waals surface area contributed by atoms with Gasteiger partial charge in [0, 0.05) is 47.0 Å². The molecule has 0 fully saturated rings. The molecule has 15 heteroatoms. The molecule has 0 aromatic heterocycles. The first kappa shape index (κ1) is 43.6. The van der Waals surface area contributed by atoms with E-state index in [4.69, 9.17) is 28.8 Å². The normalized spacial score (nSPS) is 17.6. The van der Waals surface area contributed by atoms with Gasteiger partial charge in [-0.05, 0) is 47.5 Å². The minimum Gasteiger partial charge on any atom is -0.497 e. The first-order valence-corrected chi connectivity index (χ1v) is 19.4. The Hall–Kier alpha value is -6.48. The molecule has 59 heavy (non-hydrogen) atoms. The van der Waals surface area contributed by atoms with Gasteiger partial charge in [0.05, 0.1) is 23.7 Å². The Balaban J connectivity index is 1.87. The number of nitrogens with one attached hydrogen (secondary N) is 1. The summed E-state index contributed by atoms with van der Waals surface area (Å²) in [6.45, 7) is 4.33. The minimum atomic E-state index is -1.78. The van der Waals surface area contributed by atoms with Gasteiger partial charge in [0.2, 0.25) is 5.91 Å². The van der Waals surface area contributed by atoms with E-state index >= 15 is 4.79 Å². The van der Waals surface area contributed by atoms with E-state index in [1.54, 1.807) is 78.9 Å². The molecule has 0 saturated carbocycles. The fourth-order valence-corrected chi connectivity index (χ4v) is 8.28. The van der Waals surface area contributed by atoms with Crippen LogP contribution in [0.5, 0.6) is 5.75 Å². The fraction of sp³-hybridized carbons (Fsp3) is 0.295. The number of amides is 1. The van der Waals surface area contributed by atoms with Gasteiger partial charge in [0.15, 0.2) is 18.3 Å². The predicted molar refractivity (Wildman–Crippen MR) is 220 cm³/mol. The SMILES string of the molecule is COc1ccc(NC(=O)[C@]2(c3ccccc3)SC(N(C)Cc3ccccc3)=C(N=Nc3ccccc3)[C@H]2[C@@H](OC(C)=O)[C@@H](OC(C)=O)[C@@H](COC(C)=O)OC(C)=O)cc1. The van der Waals surface area contributed by atoms with Gasteiger partial charge in [-0.1, -0.05) is 90.6 Å². The number of anilines is 1. The molecule has 5 rings (SSSR count). The van der Waals surface area contributed by atoms with Gasteiger partial charge in [-0.15, -0.1) is 0 Å². The Labute approximate surface area is 346 Å². The van der Waals surface area contributed by atoms with Crippen LogP contribution in [0.15, 0.2) is 136 Å². The fourth-order valence-electron chi connectivity index (χ4n) is 6.71. The summed E-state index contributed by atoms with van der Waals surface area (Å²) in [7, 11) is 3.36. The summed E-state index contributed by atoms with van der Waals surface area (Å²) >= 11 is 1.15. The topological polar surface area (TPSA) is 171 Å². The lowest BCUT2D eigenvalue weighted by Gasteiger charge is -2.41. The zero-order valence-corrected chi connectivity index (χ0v) is 34.3. The van der Waals surface area contributed by atoms with Crippen molar-refractivity contribution in [2.45, 2.75) is 57.3 Å². The van der Waals surface area contributed by atoms with E-state index in [1.165, 1.54) is 7.11 Å². The molecule has 5 atom stereocenters. The third kappa shape index (κ3) is 11.1. The largest absolute Gasteiger partial charge is 0.497 e. The summed E-state index contributed by atoms with van der Waals surface area (Å²) in [5.41, 5.74) is 2.46. The number of nitrogens with zero attached hydrogens (tertiary/aromatic N) is 3. The summed E-state index contributed by atoms with van der Waals surface area (Å²) in [5, 5.41) is 13.0. The molecule has 0 saturated heterocycles. The zero-order valence-electron chi connectivity index (χ0n) is 33.5. The number of esters is 4. The molecule has 1 N–H and O–H groups in total. The first-order valence-electron chi connectivity index (χ1n) is 18.6. The molecule has 14 nitrogen and oxygen atoms in total. The standard InChI is InChI=1S/C44H46N4O10S/c1-28(49)55-27-37(56-29(2)50)40(57-30(3)51)41(58-31(4)52)38-39(47-46-35-20-14-9-15-21-35)42(48(5)26-32-16-10-7-11-17-32)59-44(38,33-18-12-8-13-19-33)43(53)45-34-22-24-36(54-6)25-23-34/h7-25,37-38,40-41H,26-27H2,1-6H3,(H,45,53)/t37-,38+,40+,41-,44-/m1/s1. The van der Waals surface area contributed by atoms with E-state index in [2.05, 4.69) is 10.4 Å². The van der Waals surface area contributed by atoms with E-state index in [0.29, 0.717) is 34.3 Å².